The maximum atomic E-state index is 14.1. The van der Waals surface area contributed by atoms with Crippen molar-refractivity contribution >= 4 is 48.0 Å². The van der Waals surface area contributed by atoms with E-state index in [1.807, 2.05) is 16.0 Å². The van der Waals surface area contributed by atoms with Crippen molar-refractivity contribution in [1.29, 1.82) is 0 Å². The molecule has 64 heavy (non-hydrogen) atoms. The zero-order chi connectivity index (χ0) is 44.7. The smallest absolute Gasteiger partial charge is 0.247 e. The number of hydrogen-bond donors (Lipinski definition) is 4. The summed E-state index contributed by atoms with van der Waals surface area (Å²) in [6.45, 7) is 10.2. The highest BCUT2D eigenvalue weighted by atomic mass is 35.5. The largest absolute Gasteiger partial charge is 0.377 e. The number of amides is 2. The van der Waals surface area contributed by atoms with Gasteiger partial charge in [-0.05, 0) is 51.5 Å². The van der Waals surface area contributed by atoms with Gasteiger partial charge in [0.1, 0.15) is 19.2 Å². The highest BCUT2D eigenvalue weighted by Gasteiger charge is 2.31. The molecular weight excluding hydrogens is 848 g/mol. The first-order valence-electron chi connectivity index (χ1n) is 22.1. The van der Waals surface area contributed by atoms with Crippen molar-refractivity contribution in [2.45, 2.75) is 70.9 Å². The fraction of sp³-hybridized carbons (Fsp3) is 0.700. The number of guanidine groups is 1. The lowest BCUT2D eigenvalue weighted by Gasteiger charge is -2.37. The number of carbonyl (C=O) groups is 2. The number of aliphatic imine (C=N–C) groups is 1. The lowest BCUT2D eigenvalue weighted by molar-refractivity contribution is -0.135. The molecule has 7 N–H and O–H groups in total. The number of nitrogens with one attached hydrogen (secondary N) is 1. The second-order valence-electron chi connectivity index (χ2n) is 15.3. The topological polar surface area (TPSA) is 277 Å². The van der Waals surface area contributed by atoms with Crippen LogP contribution in [0.4, 0.5) is 17.8 Å². The highest BCUT2D eigenvalue weighted by Crippen LogP contribution is 2.23. The van der Waals surface area contributed by atoms with Crippen molar-refractivity contribution in [3.05, 3.63) is 23.8 Å². The number of aryl methyl sites for hydroxylation is 2. The molecule has 3 aromatic rings. The molecule has 0 unspecified atom stereocenters. The minimum Gasteiger partial charge on any atom is -0.377 e. The number of halogens is 1. The van der Waals surface area contributed by atoms with Crippen molar-refractivity contribution in [3.8, 4) is 12.3 Å². The molecule has 2 saturated heterocycles. The third-order valence-electron chi connectivity index (χ3n) is 10.5. The second kappa shape index (κ2) is 28.4. The predicted molar refractivity (Wildman–Crippen MR) is 244 cm³/mol. The van der Waals surface area contributed by atoms with E-state index in [9.17, 15) is 9.59 Å². The van der Waals surface area contributed by atoms with Crippen LogP contribution in [-0.4, -0.2) is 184 Å². The summed E-state index contributed by atoms with van der Waals surface area (Å²) in [6, 6.07) is -0.445. The van der Waals surface area contributed by atoms with Crippen LogP contribution < -0.4 is 32.3 Å². The molecule has 0 aliphatic carbocycles. The number of anilines is 3. The van der Waals surface area contributed by atoms with E-state index in [0.717, 1.165) is 43.5 Å². The third kappa shape index (κ3) is 16.9. The van der Waals surface area contributed by atoms with Gasteiger partial charge in [-0.1, -0.05) is 29.7 Å². The van der Waals surface area contributed by atoms with Gasteiger partial charge in [0.05, 0.1) is 44.4 Å². The molecule has 5 heterocycles. The van der Waals surface area contributed by atoms with E-state index in [1.54, 1.807) is 15.6 Å². The quantitative estimate of drug-likeness (QED) is 0.0309. The molecule has 3 aromatic heterocycles. The Kier molecular flexibility index (Phi) is 22.7. The number of carbonyl (C=O) groups excluding carboxylic acids is 2. The molecule has 2 amide bonds. The molecule has 0 bridgehead atoms. The van der Waals surface area contributed by atoms with Crippen molar-refractivity contribution in [3.63, 3.8) is 0 Å². The normalized spacial score (nSPS) is 14.5. The summed E-state index contributed by atoms with van der Waals surface area (Å²) in [7, 11) is 0. The molecule has 0 aromatic carbocycles. The van der Waals surface area contributed by atoms with Crippen LogP contribution in [0.15, 0.2) is 17.4 Å². The molecule has 0 saturated carbocycles. The molecule has 5 rings (SSSR count). The van der Waals surface area contributed by atoms with Crippen LogP contribution in [0.25, 0.3) is 0 Å². The van der Waals surface area contributed by atoms with E-state index in [0.29, 0.717) is 142 Å². The van der Waals surface area contributed by atoms with Gasteiger partial charge in [-0.15, -0.1) is 29.0 Å². The number of unbranched alkanes of at least 4 members (excludes halogenated alkanes) is 2. The number of hydrogen-bond acceptors (Lipinski definition) is 17. The summed E-state index contributed by atoms with van der Waals surface area (Å²) in [5, 5.41) is 20.4. The number of piperazine rings is 2. The standard InChI is InChI=1S/C40H66N18O5.ClH/c1-3-5-9-33-30-58(52-50-33)34(11-6-7-12-41)36(60)54-17-21-56(22-18-54)40-47-38(45-14-24-62-26-28-63-27-25-61-23-4-2)46-39(48-40)55-19-15-53(16-20-55)35(59)31-57-29-32(49-51-57)10-8-13-44-37(42)43;/h2,29-30,34H,3,5-28,31,41H2,1H3,(H4,42,43,44)(H,45,46,47,48);1H/t34-;/m0./s1. The van der Waals surface area contributed by atoms with Crippen molar-refractivity contribution in [2.24, 2.45) is 22.2 Å². The lowest BCUT2D eigenvalue weighted by Crippen LogP contribution is -2.51. The molecule has 354 valence electrons. The van der Waals surface area contributed by atoms with E-state index >= 15 is 0 Å². The Bertz CT molecular complexity index is 1890. The van der Waals surface area contributed by atoms with Crippen molar-refractivity contribution in [1.82, 2.24) is 54.7 Å². The van der Waals surface area contributed by atoms with E-state index in [4.69, 9.17) is 52.8 Å². The average Bonchev–Trinajstić information content (AvgIpc) is 3.97. The van der Waals surface area contributed by atoms with E-state index in [-0.39, 0.29) is 43.3 Å². The van der Waals surface area contributed by atoms with Crippen LogP contribution >= 0.6 is 12.4 Å². The summed E-state index contributed by atoms with van der Waals surface area (Å²) in [5.74, 6) is 3.86. The lowest BCUT2D eigenvalue weighted by atomic mass is 10.1. The zero-order valence-electron chi connectivity index (χ0n) is 37.1. The average molecular weight is 916 g/mol. The number of terminal acetylenes is 1. The molecule has 0 spiro atoms. The minimum atomic E-state index is -0.445. The first-order chi connectivity index (χ1) is 30.8. The van der Waals surface area contributed by atoms with E-state index in [2.05, 4.69) is 53.6 Å². The Hall–Kier alpha value is -5.41. The van der Waals surface area contributed by atoms with Gasteiger partial charge in [-0.3, -0.25) is 14.6 Å². The minimum absolute atomic E-state index is 0. The van der Waals surface area contributed by atoms with Gasteiger partial charge in [0.2, 0.25) is 29.7 Å². The highest BCUT2D eigenvalue weighted by molar-refractivity contribution is 5.85. The Morgan fingerprint density at radius 2 is 1.44 bits per heavy atom. The first kappa shape index (κ1) is 51.2. The molecule has 1 atom stereocenters. The molecule has 0 radical (unpaired) electrons. The summed E-state index contributed by atoms with van der Waals surface area (Å²) >= 11 is 0. The fourth-order valence-electron chi connectivity index (χ4n) is 7.04. The third-order valence-corrected chi connectivity index (χ3v) is 10.5. The van der Waals surface area contributed by atoms with Gasteiger partial charge in [0, 0.05) is 77.8 Å². The number of nitrogens with two attached hydrogens (primary N) is 3. The molecular formula is C40H67ClN18O5. The van der Waals surface area contributed by atoms with Crippen LogP contribution in [0, 0.1) is 12.3 Å². The number of ether oxygens (including phenoxy) is 3. The van der Waals surface area contributed by atoms with Gasteiger partial charge in [0.25, 0.3) is 0 Å². The van der Waals surface area contributed by atoms with Crippen LogP contribution in [0.3, 0.4) is 0 Å². The maximum Gasteiger partial charge on any atom is 0.247 e. The van der Waals surface area contributed by atoms with Gasteiger partial charge < -0.3 is 56.3 Å². The van der Waals surface area contributed by atoms with Crippen LogP contribution in [-0.2, 0) is 43.2 Å². The van der Waals surface area contributed by atoms with E-state index < -0.39 is 6.04 Å². The number of nitrogens with zero attached hydrogens (tertiary/aromatic N) is 14. The summed E-state index contributed by atoms with van der Waals surface area (Å²) in [6.07, 6.45) is 15.4. The fourth-order valence-corrected chi connectivity index (χ4v) is 7.04. The van der Waals surface area contributed by atoms with Crippen LogP contribution in [0.2, 0.25) is 0 Å². The number of aromatic nitrogens is 9. The summed E-state index contributed by atoms with van der Waals surface area (Å²) in [5.41, 5.74) is 18.3. The second-order valence-corrected chi connectivity index (χ2v) is 15.3. The molecule has 2 aliphatic heterocycles. The Balaban J connectivity index is 0.00000898. The van der Waals surface area contributed by atoms with Gasteiger partial charge in [-0.2, -0.15) is 15.0 Å². The van der Waals surface area contributed by atoms with E-state index in [1.165, 1.54) is 0 Å². The predicted octanol–water partition coefficient (Wildman–Crippen LogP) is -0.512. The van der Waals surface area contributed by atoms with Crippen molar-refractivity contribution < 1.29 is 23.8 Å². The molecule has 2 aliphatic rings. The Morgan fingerprint density at radius 1 is 0.812 bits per heavy atom. The monoisotopic (exact) mass is 915 g/mol. The molecule has 23 nitrogen and oxygen atoms in total. The van der Waals surface area contributed by atoms with Crippen LogP contribution in [0.1, 0.15) is 62.9 Å². The Morgan fingerprint density at radius 3 is 2.09 bits per heavy atom. The summed E-state index contributed by atoms with van der Waals surface area (Å²) in [4.78, 5) is 53.7. The summed E-state index contributed by atoms with van der Waals surface area (Å²) < 4.78 is 19.8. The van der Waals surface area contributed by atoms with Gasteiger partial charge in [-0.25, -0.2) is 9.36 Å². The first-order valence-corrected chi connectivity index (χ1v) is 22.1. The SMILES string of the molecule is C#CCOCCOCCOCCNc1nc(N2CCN(C(=O)Cn3cc(CCCN=C(N)N)nn3)CC2)nc(N2CCN(C(=O)[C@H](CCCCN)n3cc(CCCC)nn3)CC2)n1.Cl. The Labute approximate surface area is 381 Å². The number of rotatable bonds is 28. The zero-order valence-corrected chi connectivity index (χ0v) is 38.0. The van der Waals surface area contributed by atoms with Gasteiger partial charge in [0.15, 0.2) is 5.96 Å². The van der Waals surface area contributed by atoms with Crippen LogP contribution in [0.5, 0.6) is 0 Å². The van der Waals surface area contributed by atoms with Gasteiger partial charge >= 0.3 is 0 Å². The maximum absolute atomic E-state index is 14.1. The van der Waals surface area contributed by atoms with Crippen molar-refractivity contribution in [2.75, 3.05) is 127 Å². The molecule has 2 fully saturated rings. The molecule has 24 heteroatoms.